The highest BCUT2D eigenvalue weighted by atomic mass is 16.1. The van der Waals surface area contributed by atoms with E-state index in [1.54, 1.807) is 17.7 Å². The summed E-state index contributed by atoms with van der Waals surface area (Å²) < 4.78 is 1.60. The van der Waals surface area contributed by atoms with E-state index < -0.39 is 0 Å². The highest BCUT2D eigenvalue weighted by molar-refractivity contribution is 6.28. The lowest BCUT2D eigenvalue weighted by Gasteiger charge is -2.23. The summed E-state index contributed by atoms with van der Waals surface area (Å²) in [6, 6.07) is 19.2. The maximum Gasteiger partial charge on any atom is 0.251 e. The number of aryl methyl sites for hydroxylation is 3. The van der Waals surface area contributed by atoms with Crippen LogP contribution in [0.1, 0.15) is 27.0 Å². The van der Waals surface area contributed by atoms with E-state index in [9.17, 15) is 9.59 Å². The lowest BCUT2D eigenvalue weighted by Crippen LogP contribution is -2.21. The molecule has 0 saturated carbocycles. The average molecular weight is 380 g/mol. The van der Waals surface area contributed by atoms with Gasteiger partial charge in [0.1, 0.15) is 0 Å². The second-order valence-corrected chi connectivity index (χ2v) is 7.71. The standard InChI is InChI=1S/C25H20N2O2/c1-14-10-15(2)12-16(11-14)26-20-8-9-21-23-19(13-22(28)27(21)3)17-6-4-5-7-18(17)25(29)24(20)23/h4-13,26H,1-3H3. The summed E-state index contributed by atoms with van der Waals surface area (Å²) in [5.41, 5.74) is 7.55. The first-order valence-corrected chi connectivity index (χ1v) is 9.60. The Bertz CT molecular complexity index is 1380. The molecule has 3 aromatic carbocycles. The van der Waals surface area contributed by atoms with Gasteiger partial charge in [0.2, 0.25) is 0 Å². The van der Waals surface area contributed by atoms with Crippen LogP contribution < -0.4 is 10.9 Å². The maximum atomic E-state index is 13.5. The number of hydrogen-bond donors (Lipinski definition) is 1. The molecular weight excluding hydrogens is 360 g/mol. The zero-order valence-electron chi connectivity index (χ0n) is 16.5. The van der Waals surface area contributed by atoms with Gasteiger partial charge < -0.3 is 9.88 Å². The van der Waals surface area contributed by atoms with Crippen molar-refractivity contribution in [3.8, 4) is 11.1 Å². The highest BCUT2D eigenvalue weighted by Crippen LogP contribution is 2.41. The van der Waals surface area contributed by atoms with Gasteiger partial charge in [0.05, 0.1) is 16.8 Å². The molecule has 0 aliphatic heterocycles. The summed E-state index contributed by atoms with van der Waals surface area (Å²) in [5, 5.41) is 4.27. The van der Waals surface area contributed by atoms with Crippen molar-refractivity contribution in [2.24, 2.45) is 7.05 Å². The first-order valence-electron chi connectivity index (χ1n) is 9.60. The third-order valence-electron chi connectivity index (χ3n) is 5.60. The van der Waals surface area contributed by atoms with Crippen molar-refractivity contribution in [1.29, 1.82) is 0 Å². The van der Waals surface area contributed by atoms with Gasteiger partial charge in [0, 0.05) is 29.8 Å². The fourth-order valence-electron chi connectivity index (χ4n) is 4.36. The van der Waals surface area contributed by atoms with E-state index >= 15 is 0 Å². The Morgan fingerprint density at radius 1 is 0.793 bits per heavy atom. The minimum Gasteiger partial charge on any atom is -0.355 e. The molecule has 0 fully saturated rings. The minimum absolute atomic E-state index is 0.0239. The van der Waals surface area contributed by atoms with Crippen LogP contribution in [0.15, 0.2) is 65.5 Å². The number of fused-ring (bicyclic) bond motifs is 2. The second-order valence-electron chi connectivity index (χ2n) is 7.71. The van der Waals surface area contributed by atoms with Crippen LogP contribution >= 0.6 is 0 Å². The van der Waals surface area contributed by atoms with E-state index in [0.717, 1.165) is 44.5 Å². The van der Waals surface area contributed by atoms with Gasteiger partial charge in [-0.15, -0.1) is 0 Å². The van der Waals surface area contributed by atoms with Crippen molar-refractivity contribution in [3.05, 3.63) is 93.3 Å². The lowest BCUT2D eigenvalue weighted by molar-refractivity contribution is 0.104. The first kappa shape index (κ1) is 17.4. The Morgan fingerprint density at radius 3 is 2.21 bits per heavy atom. The number of nitrogens with one attached hydrogen (secondary N) is 1. The molecule has 0 saturated heterocycles. The van der Waals surface area contributed by atoms with Crippen LogP contribution in [0.5, 0.6) is 0 Å². The van der Waals surface area contributed by atoms with E-state index in [1.807, 2.05) is 36.4 Å². The first-order chi connectivity index (χ1) is 13.9. The molecular formula is C25H20N2O2. The number of nitrogens with zero attached hydrogens (tertiary/aromatic N) is 1. The molecule has 1 aromatic heterocycles. The third kappa shape index (κ3) is 2.60. The third-order valence-corrected chi connectivity index (χ3v) is 5.60. The van der Waals surface area contributed by atoms with Gasteiger partial charge in [-0.25, -0.2) is 0 Å². The van der Waals surface area contributed by atoms with E-state index in [4.69, 9.17) is 0 Å². The topological polar surface area (TPSA) is 51.1 Å². The maximum absolute atomic E-state index is 13.5. The fraction of sp³-hybridized carbons (Fsp3) is 0.120. The SMILES string of the molecule is Cc1cc(C)cc(Nc2ccc3c4c(cc(=O)n3C)-c3ccccc3C(=O)c24)c1. The quantitative estimate of drug-likeness (QED) is 0.463. The van der Waals surface area contributed by atoms with Crippen molar-refractivity contribution < 1.29 is 4.79 Å². The number of benzene rings is 3. The van der Waals surface area contributed by atoms with Gasteiger partial charge in [0.25, 0.3) is 5.56 Å². The number of ketones is 1. The van der Waals surface area contributed by atoms with Gasteiger partial charge in [-0.3, -0.25) is 9.59 Å². The smallest absolute Gasteiger partial charge is 0.251 e. The summed E-state index contributed by atoms with van der Waals surface area (Å²) in [7, 11) is 1.74. The molecule has 0 spiro atoms. The molecule has 0 radical (unpaired) electrons. The largest absolute Gasteiger partial charge is 0.355 e. The van der Waals surface area contributed by atoms with Crippen LogP contribution in [-0.2, 0) is 7.05 Å². The summed E-state index contributed by atoms with van der Waals surface area (Å²) >= 11 is 0. The Kier molecular flexibility index (Phi) is 3.71. The molecule has 1 N–H and O–H groups in total. The van der Waals surface area contributed by atoms with Crippen molar-refractivity contribution in [2.75, 3.05) is 5.32 Å². The molecule has 5 rings (SSSR count). The molecule has 29 heavy (non-hydrogen) atoms. The van der Waals surface area contributed by atoms with E-state index in [0.29, 0.717) is 11.1 Å². The van der Waals surface area contributed by atoms with Crippen LogP contribution in [0.3, 0.4) is 0 Å². The monoisotopic (exact) mass is 380 g/mol. The number of carbonyl (C=O) groups excluding carboxylic acids is 1. The highest BCUT2D eigenvalue weighted by Gasteiger charge is 2.28. The van der Waals surface area contributed by atoms with Gasteiger partial charge in [-0.05, 0) is 60.4 Å². The molecule has 0 amide bonds. The van der Waals surface area contributed by atoms with Crippen LogP contribution in [0.2, 0.25) is 0 Å². The molecule has 0 bridgehead atoms. The molecule has 4 nitrogen and oxygen atoms in total. The second kappa shape index (κ2) is 6.17. The van der Waals surface area contributed by atoms with Crippen LogP contribution in [0.4, 0.5) is 11.4 Å². The lowest BCUT2D eigenvalue weighted by atomic mass is 9.83. The predicted molar refractivity (Wildman–Crippen MR) is 117 cm³/mol. The molecule has 0 unspecified atom stereocenters. The minimum atomic E-state index is -0.0855. The fourth-order valence-corrected chi connectivity index (χ4v) is 4.36. The van der Waals surface area contributed by atoms with Crippen molar-refractivity contribution in [1.82, 2.24) is 4.57 Å². The van der Waals surface area contributed by atoms with E-state index in [-0.39, 0.29) is 11.3 Å². The number of carbonyl (C=O) groups is 1. The zero-order valence-corrected chi connectivity index (χ0v) is 16.5. The van der Waals surface area contributed by atoms with Crippen molar-refractivity contribution in [2.45, 2.75) is 13.8 Å². The molecule has 4 aromatic rings. The molecule has 4 heteroatoms. The Labute approximate surface area is 168 Å². The summed E-state index contributed by atoms with van der Waals surface area (Å²) in [4.78, 5) is 26.1. The summed E-state index contributed by atoms with van der Waals surface area (Å²) in [5.74, 6) is -0.0239. The van der Waals surface area contributed by atoms with Crippen molar-refractivity contribution >= 4 is 28.1 Å². The van der Waals surface area contributed by atoms with Gasteiger partial charge in [-0.1, -0.05) is 30.3 Å². The number of hydrogen-bond acceptors (Lipinski definition) is 3. The number of rotatable bonds is 2. The normalized spacial score (nSPS) is 12.2. The van der Waals surface area contributed by atoms with E-state index in [1.165, 1.54) is 0 Å². The molecule has 0 atom stereocenters. The number of aromatic nitrogens is 1. The van der Waals surface area contributed by atoms with Gasteiger partial charge >= 0.3 is 0 Å². The number of pyridine rings is 1. The van der Waals surface area contributed by atoms with Crippen LogP contribution in [-0.4, -0.2) is 10.4 Å². The Balaban J connectivity index is 1.84. The van der Waals surface area contributed by atoms with Crippen molar-refractivity contribution in [3.63, 3.8) is 0 Å². The summed E-state index contributed by atoms with van der Waals surface area (Å²) in [6.07, 6.45) is 0. The molecule has 1 aliphatic rings. The Hall–Kier alpha value is -3.66. The zero-order chi connectivity index (χ0) is 20.3. The summed E-state index contributed by atoms with van der Waals surface area (Å²) in [6.45, 7) is 4.11. The molecule has 1 aliphatic carbocycles. The predicted octanol–water partition coefficient (Wildman–Crippen LogP) is 5.11. The molecule has 1 heterocycles. The van der Waals surface area contributed by atoms with E-state index in [2.05, 4.69) is 37.4 Å². The van der Waals surface area contributed by atoms with Crippen LogP contribution in [0, 0.1) is 13.8 Å². The van der Waals surface area contributed by atoms with Gasteiger partial charge in [0.15, 0.2) is 5.78 Å². The van der Waals surface area contributed by atoms with Crippen LogP contribution in [0.25, 0.3) is 22.0 Å². The Morgan fingerprint density at radius 2 is 1.48 bits per heavy atom. The van der Waals surface area contributed by atoms with Gasteiger partial charge in [-0.2, -0.15) is 0 Å². The molecule has 142 valence electrons. The average Bonchev–Trinajstić information content (AvgIpc) is 2.69. The number of anilines is 2.